The third kappa shape index (κ3) is 4.45. The van der Waals surface area contributed by atoms with Crippen molar-refractivity contribution < 1.29 is 0 Å². The van der Waals surface area contributed by atoms with Crippen LogP contribution in [0.15, 0.2) is 12.4 Å². The Hall–Kier alpha value is -0.830. The summed E-state index contributed by atoms with van der Waals surface area (Å²) in [5, 5.41) is 7.84. The Morgan fingerprint density at radius 1 is 1.28 bits per heavy atom. The normalized spacial score (nSPS) is 12.0. The molecule has 0 bridgehead atoms. The molecule has 18 heavy (non-hydrogen) atoms. The highest BCUT2D eigenvalue weighted by Crippen LogP contribution is 2.31. The van der Waals surface area contributed by atoms with Crippen LogP contribution in [-0.2, 0) is 13.5 Å². The van der Waals surface area contributed by atoms with Gasteiger partial charge in [0, 0.05) is 19.8 Å². The topological polar surface area (TPSA) is 29.9 Å². The quantitative estimate of drug-likeness (QED) is 0.683. The van der Waals surface area contributed by atoms with Crippen molar-refractivity contribution in [1.29, 1.82) is 0 Å². The maximum absolute atomic E-state index is 4.25. The van der Waals surface area contributed by atoms with E-state index in [1.54, 1.807) is 0 Å². The molecule has 1 rings (SSSR count). The molecule has 0 saturated carbocycles. The Morgan fingerprint density at radius 2 is 2.00 bits per heavy atom. The van der Waals surface area contributed by atoms with Crippen LogP contribution in [0.5, 0.6) is 0 Å². The van der Waals surface area contributed by atoms with E-state index in [2.05, 4.69) is 37.4 Å². The lowest BCUT2D eigenvalue weighted by atomic mass is 9.77. The molecule has 1 aromatic heterocycles. The summed E-state index contributed by atoms with van der Waals surface area (Å²) in [4.78, 5) is 0. The molecule has 0 fully saturated rings. The van der Waals surface area contributed by atoms with Crippen molar-refractivity contribution in [2.24, 2.45) is 12.5 Å². The predicted octanol–water partition coefficient (Wildman–Crippen LogP) is 3.16. The first-order chi connectivity index (χ1) is 8.65. The van der Waals surface area contributed by atoms with Crippen molar-refractivity contribution >= 4 is 0 Å². The monoisotopic (exact) mass is 251 g/mol. The first-order valence-electron chi connectivity index (χ1n) is 7.34. The molecule has 0 aliphatic heterocycles. The van der Waals surface area contributed by atoms with Crippen molar-refractivity contribution in [2.45, 2.75) is 52.9 Å². The molecule has 1 N–H and O–H groups in total. The zero-order valence-corrected chi connectivity index (χ0v) is 12.5. The predicted molar refractivity (Wildman–Crippen MR) is 77.7 cm³/mol. The number of nitrogens with one attached hydrogen (secondary N) is 1. The molecule has 0 aliphatic rings. The van der Waals surface area contributed by atoms with Gasteiger partial charge in [-0.3, -0.25) is 4.68 Å². The molecule has 0 aromatic carbocycles. The molecule has 0 atom stereocenters. The number of aromatic nitrogens is 2. The van der Waals surface area contributed by atoms with E-state index in [1.165, 1.54) is 31.2 Å². The van der Waals surface area contributed by atoms with Crippen molar-refractivity contribution in [3.63, 3.8) is 0 Å². The van der Waals surface area contributed by atoms with E-state index in [1.807, 2.05) is 17.9 Å². The third-order valence-electron chi connectivity index (χ3n) is 4.13. The summed E-state index contributed by atoms with van der Waals surface area (Å²) >= 11 is 0. The fourth-order valence-corrected chi connectivity index (χ4v) is 2.48. The Kier molecular flexibility index (Phi) is 6.41. The molecule has 1 heterocycles. The van der Waals surface area contributed by atoms with Crippen LogP contribution in [0.3, 0.4) is 0 Å². The first-order valence-corrected chi connectivity index (χ1v) is 7.34. The zero-order chi connectivity index (χ0) is 13.4. The van der Waals surface area contributed by atoms with Gasteiger partial charge in [0.05, 0.1) is 6.20 Å². The lowest BCUT2D eigenvalue weighted by molar-refractivity contribution is 0.228. The van der Waals surface area contributed by atoms with E-state index in [4.69, 9.17) is 0 Å². The minimum Gasteiger partial charge on any atom is -0.316 e. The van der Waals surface area contributed by atoms with Crippen molar-refractivity contribution in [3.8, 4) is 0 Å². The molecule has 104 valence electrons. The van der Waals surface area contributed by atoms with Crippen LogP contribution < -0.4 is 5.32 Å². The SMILES string of the molecule is CCCNCC(CC)(CC)CCc1cnn(C)c1. The molecule has 0 amide bonds. The highest BCUT2D eigenvalue weighted by Gasteiger charge is 2.25. The minimum atomic E-state index is 0.449. The number of nitrogens with zero attached hydrogens (tertiary/aromatic N) is 2. The van der Waals surface area contributed by atoms with Gasteiger partial charge in [-0.1, -0.05) is 20.8 Å². The van der Waals surface area contributed by atoms with Gasteiger partial charge in [0.1, 0.15) is 0 Å². The second kappa shape index (κ2) is 7.57. The van der Waals surface area contributed by atoms with Gasteiger partial charge in [-0.05, 0) is 49.6 Å². The van der Waals surface area contributed by atoms with E-state index in [9.17, 15) is 0 Å². The van der Waals surface area contributed by atoms with Gasteiger partial charge < -0.3 is 5.32 Å². The molecule has 0 unspecified atom stereocenters. The number of aryl methyl sites for hydroxylation is 2. The van der Waals surface area contributed by atoms with Gasteiger partial charge in [0.2, 0.25) is 0 Å². The summed E-state index contributed by atoms with van der Waals surface area (Å²) in [6.45, 7) is 9.14. The van der Waals surface area contributed by atoms with Crippen LogP contribution >= 0.6 is 0 Å². The Balaban J connectivity index is 2.50. The second-order valence-corrected chi connectivity index (χ2v) is 5.41. The van der Waals surface area contributed by atoms with Crippen LogP contribution in [0.4, 0.5) is 0 Å². The molecule has 3 heteroatoms. The summed E-state index contributed by atoms with van der Waals surface area (Å²) in [6.07, 6.45) is 10.2. The molecule has 0 saturated heterocycles. The van der Waals surface area contributed by atoms with Crippen molar-refractivity contribution in [1.82, 2.24) is 15.1 Å². The Morgan fingerprint density at radius 3 is 2.50 bits per heavy atom. The largest absolute Gasteiger partial charge is 0.316 e. The van der Waals surface area contributed by atoms with Crippen LogP contribution in [0.25, 0.3) is 0 Å². The summed E-state index contributed by atoms with van der Waals surface area (Å²) < 4.78 is 1.89. The summed E-state index contributed by atoms with van der Waals surface area (Å²) in [6, 6.07) is 0. The lowest BCUT2D eigenvalue weighted by Gasteiger charge is -2.32. The van der Waals surface area contributed by atoms with E-state index in [-0.39, 0.29) is 0 Å². The Labute approximate surface area is 112 Å². The van der Waals surface area contributed by atoms with Gasteiger partial charge in [-0.15, -0.1) is 0 Å². The maximum Gasteiger partial charge on any atom is 0.0521 e. The highest BCUT2D eigenvalue weighted by atomic mass is 15.2. The van der Waals surface area contributed by atoms with Gasteiger partial charge in [0.25, 0.3) is 0 Å². The van der Waals surface area contributed by atoms with E-state index < -0.39 is 0 Å². The van der Waals surface area contributed by atoms with Gasteiger partial charge in [0.15, 0.2) is 0 Å². The van der Waals surface area contributed by atoms with Crippen molar-refractivity contribution in [3.05, 3.63) is 18.0 Å². The zero-order valence-electron chi connectivity index (χ0n) is 12.5. The smallest absolute Gasteiger partial charge is 0.0521 e. The van der Waals surface area contributed by atoms with Gasteiger partial charge >= 0.3 is 0 Å². The number of rotatable bonds is 9. The second-order valence-electron chi connectivity index (χ2n) is 5.41. The van der Waals surface area contributed by atoms with Crippen LogP contribution in [0.2, 0.25) is 0 Å². The summed E-state index contributed by atoms with van der Waals surface area (Å²) in [5.74, 6) is 0. The molecule has 0 spiro atoms. The number of hydrogen-bond acceptors (Lipinski definition) is 2. The third-order valence-corrected chi connectivity index (χ3v) is 4.13. The molecule has 0 aliphatic carbocycles. The summed E-state index contributed by atoms with van der Waals surface area (Å²) in [5.41, 5.74) is 1.81. The number of hydrogen-bond donors (Lipinski definition) is 1. The van der Waals surface area contributed by atoms with Crippen LogP contribution in [0.1, 0.15) is 52.0 Å². The average Bonchev–Trinajstić information content (AvgIpc) is 2.80. The first kappa shape index (κ1) is 15.2. The molecule has 3 nitrogen and oxygen atoms in total. The standard InChI is InChI=1S/C15H29N3/c1-5-10-16-13-15(6-2,7-3)9-8-14-11-17-18(4)12-14/h11-12,16H,5-10,13H2,1-4H3. The fourth-order valence-electron chi connectivity index (χ4n) is 2.48. The molecule has 0 radical (unpaired) electrons. The van der Waals surface area contributed by atoms with E-state index in [0.29, 0.717) is 5.41 Å². The molecule has 1 aromatic rings. The fraction of sp³-hybridized carbons (Fsp3) is 0.800. The van der Waals surface area contributed by atoms with E-state index in [0.717, 1.165) is 19.5 Å². The van der Waals surface area contributed by atoms with Crippen LogP contribution in [0, 0.1) is 5.41 Å². The Bertz CT molecular complexity index is 326. The maximum atomic E-state index is 4.25. The molecular formula is C15H29N3. The lowest BCUT2D eigenvalue weighted by Crippen LogP contribution is -2.34. The van der Waals surface area contributed by atoms with Gasteiger partial charge in [-0.2, -0.15) is 5.10 Å². The highest BCUT2D eigenvalue weighted by molar-refractivity contribution is 5.04. The minimum absolute atomic E-state index is 0.449. The molecular weight excluding hydrogens is 222 g/mol. The van der Waals surface area contributed by atoms with E-state index >= 15 is 0 Å². The van der Waals surface area contributed by atoms with Crippen LogP contribution in [-0.4, -0.2) is 22.9 Å². The van der Waals surface area contributed by atoms with Gasteiger partial charge in [-0.25, -0.2) is 0 Å². The average molecular weight is 251 g/mol. The summed E-state index contributed by atoms with van der Waals surface area (Å²) in [7, 11) is 1.99. The van der Waals surface area contributed by atoms with Crippen molar-refractivity contribution in [2.75, 3.05) is 13.1 Å².